The maximum Gasteiger partial charge on any atom is 0.307 e. The molecule has 1 unspecified atom stereocenters. The predicted octanol–water partition coefficient (Wildman–Crippen LogP) is 3.10. The minimum Gasteiger partial charge on any atom is -0.481 e. The summed E-state index contributed by atoms with van der Waals surface area (Å²) in [6, 6.07) is 7.97. The fourth-order valence-corrected chi connectivity index (χ4v) is 4.03. The number of aliphatic carboxylic acids is 1. The summed E-state index contributed by atoms with van der Waals surface area (Å²) in [5.41, 5.74) is 1.14. The van der Waals surface area contributed by atoms with Crippen molar-refractivity contribution in [3.8, 4) is 0 Å². The van der Waals surface area contributed by atoms with Crippen LogP contribution in [0.2, 0.25) is 0 Å². The molecule has 1 saturated heterocycles. The van der Waals surface area contributed by atoms with E-state index in [9.17, 15) is 9.59 Å². The van der Waals surface area contributed by atoms with Gasteiger partial charge in [-0.3, -0.25) is 9.59 Å². The highest BCUT2D eigenvalue weighted by atomic mass is 79.9. The molecule has 1 aliphatic carbocycles. The van der Waals surface area contributed by atoms with Gasteiger partial charge in [0.1, 0.15) is 0 Å². The molecule has 118 valence electrons. The fraction of sp³-hybridized carbons (Fsp3) is 0.529. The minimum absolute atomic E-state index is 0.00886. The number of piperidine rings is 1. The molecule has 1 aromatic rings. The number of likely N-dealkylation sites (tertiary alicyclic amines) is 1. The predicted molar refractivity (Wildman–Crippen MR) is 86.5 cm³/mol. The molecule has 1 saturated carbocycles. The Balaban J connectivity index is 1.49. The molecular weight excluding hydrogens is 346 g/mol. The third kappa shape index (κ3) is 3.05. The van der Waals surface area contributed by atoms with E-state index in [2.05, 4.69) is 15.9 Å². The highest BCUT2D eigenvalue weighted by Gasteiger charge is 2.59. The summed E-state index contributed by atoms with van der Waals surface area (Å²) in [5.74, 6) is -0.670. The van der Waals surface area contributed by atoms with E-state index >= 15 is 0 Å². The van der Waals surface area contributed by atoms with Gasteiger partial charge in [0.15, 0.2) is 0 Å². The van der Waals surface area contributed by atoms with E-state index in [1.165, 1.54) is 0 Å². The second-order valence-corrected chi connectivity index (χ2v) is 7.28. The highest BCUT2D eigenvalue weighted by molar-refractivity contribution is 9.10. The summed E-state index contributed by atoms with van der Waals surface area (Å²) in [4.78, 5) is 25.3. The number of carboxylic acids is 1. The average molecular weight is 366 g/mol. The number of hydrogen-bond acceptors (Lipinski definition) is 2. The van der Waals surface area contributed by atoms with Gasteiger partial charge in [0, 0.05) is 24.0 Å². The summed E-state index contributed by atoms with van der Waals surface area (Å²) in [6.45, 7) is 1.41. The number of carbonyl (C=O) groups is 2. The van der Waals surface area contributed by atoms with Crippen molar-refractivity contribution < 1.29 is 14.7 Å². The molecule has 1 atom stereocenters. The maximum atomic E-state index is 12.3. The van der Waals surface area contributed by atoms with Gasteiger partial charge in [0.2, 0.25) is 5.91 Å². The van der Waals surface area contributed by atoms with Crippen molar-refractivity contribution in [1.29, 1.82) is 0 Å². The molecule has 4 nitrogen and oxygen atoms in total. The van der Waals surface area contributed by atoms with Gasteiger partial charge in [0.25, 0.3) is 0 Å². The lowest BCUT2D eigenvalue weighted by molar-refractivity contribution is -0.139. The van der Waals surface area contributed by atoms with Crippen molar-refractivity contribution in [3.63, 3.8) is 0 Å². The summed E-state index contributed by atoms with van der Waals surface area (Å²) in [6.07, 6.45) is 3.72. The molecule has 1 aliphatic heterocycles. The van der Waals surface area contributed by atoms with Crippen LogP contribution in [-0.2, 0) is 16.0 Å². The number of benzene rings is 1. The number of halogens is 1. The SMILES string of the molecule is O=C(O)C1CC12CCN(C(=O)CCc1ccccc1Br)CC2. The lowest BCUT2D eigenvalue weighted by atomic mass is 9.90. The number of rotatable bonds is 4. The van der Waals surface area contributed by atoms with E-state index in [0.29, 0.717) is 19.5 Å². The molecule has 0 radical (unpaired) electrons. The Bertz CT molecular complexity index is 593. The average Bonchev–Trinajstić information content (AvgIpc) is 3.21. The fourth-order valence-electron chi connectivity index (χ4n) is 3.55. The molecule has 2 fully saturated rings. The first-order valence-corrected chi connectivity index (χ1v) is 8.55. The van der Waals surface area contributed by atoms with Crippen LogP contribution in [0.4, 0.5) is 0 Å². The van der Waals surface area contributed by atoms with Crippen LogP contribution in [-0.4, -0.2) is 35.0 Å². The summed E-state index contributed by atoms with van der Waals surface area (Å²) >= 11 is 3.51. The molecule has 5 heteroatoms. The van der Waals surface area contributed by atoms with E-state index < -0.39 is 5.97 Å². The topological polar surface area (TPSA) is 57.6 Å². The minimum atomic E-state index is -0.672. The molecule has 22 heavy (non-hydrogen) atoms. The number of amides is 1. The van der Waals surface area contributed by atoms with Crippen LogP contribution in [0.3, 0.4) is 0 Å². The number of carbonyl (C=O) groups excluding carboxylic acids is 1. The smallest absolute Gasteiger partial charge is 0.307 e. The molecule has 3 rings (SSSR count). The van der Waals surface area contributed by atoms with Crippen molar-refractivity contribution >= 4 is 27.8 Å². The van der Waals surface area contributed by atoms with Crippen molar-refractivity contribution in [2.75, 3.05) is 13.1 Å². The summed E-state index contributed by atoms with van der Waals surface area (Å²) in [7, 11) is 0. The van der Waals surface area contributed by atoms with Crippen LogP contribution in [0.1, 0.15) is 31.2 Å². The first kappa shape index (κ1) is 15.5. The molecule has 1 heterocycles. The second kappa shape index (κ2) is 6.03. The Kier molecular flexibility index (Phi) is 4.26. The lowest BCUT2D eigenvalue weighted by Gasteiger charge is -2.32. The van der Waals surface area contributed by atoms with Crippen molar-refractivity contribution in [3.05, 3.63) is 34.3 Å². The third-order valence-electron chi connectivity index (χ3n) is 5.17. The van der Waals surface area contributed by atoms with Gasteiger partial charge in [-0.05, 0) is 42.7 Å². The van der Waals surface area contributed by atoms with Crippen LogP contribution in [0, 0.1) is 11.3 Å². The normalized spacial score (nSPS) is 22.6. The van der Waals surface area contributed by atoms with E-state index in [1.54, 1.807) is 0 Å². The van der Waals surface area contributed by atoms with Crippen LogP contribution in [0.15, 0.2) is 28.7 Å². The maximum absolute atomic E-state index is 12.3. The quantitative estimate of drug-likeness (QED) is 0.891. The van der Waals surface area contributed by atoms with Gasteiger partial charge < -0.3 is 10.0 Å². The zero-order valence-electron chi connectivity index (χ0n) is 12.4. The zero-order chi connectivity index (χ0) is 15.7. The number of aryl methyl sites for hydroxylation is 1. The molecular formula is C17H20BrNO3. The Morgan fingerprint density at radius 1 is 1.27 bits per heavy atom. The van der Waals surface area contributed by atoms with E-state index in [0.717, 1.165) is 35.7 Å². The van der Waals surface area contributed by atoms with Crippen molar-refractivity contribution in [1.82, 2.24) is 4.90 Å². The summed E-state index contributed by atoms with van der Waals surface area (Å²) < 4.78 is 1.04. The van der Waals surface area contributed by atoms with Gasteiger partial charge in [0.05, 0.1) is 5.92 Å². The first-order chi connectivity index (χ1) is 10.5. The zero-order valence-corrected chi connectivity index (χ0v) is 14.0. The molecule has 2 aliphatic rings. The number of hydrogen-bond donors (Lipinski definition) is 1. The second-order valence-electron chi connectivity index (χ2n) is 6.43. The van der Waals surface area contributed by atoms with Gasteiger partial charge >= 0.3 is 5.97 Å². The Labute approximate surface area is 138 Å². The standard InChI is InChI=1S/C17H20BrNO3/c18-14-4-2-1-3-12(14)5-6-15(20)19-9-7-17(8-10-19)11-13(17)16(21)22/h1-4,13H,5-11H2,(H,21,22). The van der Waals surface area contributed by atoms with Crippen LogP contribution in [0.5, 0.6) is 0 Å². The van der Waals surface area contributed by atoms with Crippen molar-refractivity contribution in [2.45, 2.75) is 32.1 Å². The molecule has 1 spiro atoms. The highest BCUT2D eigenvalue weighted by Crippen LogP contribution is 2.59. The van der Waals surface area contributed by atoms with Gasteiger partial charge in [-0.15, -0.1) is 0 Å². The van der Waals surface area contributed by atoms with Gasteiger partial charge in [-0.2, -0.15) is 0 Å². The van der Waals surface area contributed by atoms with E-state index in [4.69, 9.17) is 5.11 Å². The first-order valence-electron chi connectivity index (χ1n) is 7.76. The third-order valence-corrected chi connectivity index (χ3v) is 5.94. The van der Waals surface area contributed by atoms with E-state index in [-0.39, 0.29) is 17.2 Å². The molecule has 1 amide bonds. The van der Waals surface area contributed by atoms with Crippen LogP contribution < -0.4 is 0 Å². The molecule has 1 aromatic carbocycles. The molecule has 0 aromatic heterocycles. The van der Waals surface area contributed by atoms with E-state index in [1.807, 2.05) is 29.2 Å². The summed E-state index contributed by atoms with van der Waals surface area (Å²) in [5, 5.41) is 9.10. The van der Waals surface area contributed by atoms with Gasteiger partial charge in [-0.25, -0.2) is 0 Å². The Morgan fingerprint density at radius 3 is 2.55 bits per heavy atom. The monoisotopic (exact) mass is 365 g/mol. The van der Waals surface area contributed by atoms with Crippen LogP contribution in [0.25, 0.3) is 0 Å². The largest absolute Gasteiger partial charge is 0.481 e. The number of carboxylic acid groups (broad SMARTS) is 1. The molecule has 0 bridgehead atoms. The van der Waals surface area contributed by atoms with Crippen LogP contribution >= 0.6 is 15.9 Å². The Morgan fingerprint density at radius 2 is 1.95 bits per heavy atom. The molecule has 1 N–H and O–H groups in total. The Hall–Kier alpha value is -1.36. The number of nitrogens with zero attached hydrogens (tertiary/aromatic N) is 1. The van der Waals surface area contributed by atoms with Gasteiger partial charge in [-0.1, -0.05) is 34.1 Å². The lowest BCUT2D eigenvalue weighted by Crippen LogP contribution is -2.40. The van der Waals surface area contributed by atoms with Crippen molar-refractivity contribution in [2.24, 2.45) is 11.3 Å².